The van der Waals surface area contributed by atoms with Gasteiger partial charge in [0, 0.05) is 21.5 Å². The first-order valence-corrected chi connectivity index (χ1v) is 11.2. The minimum absolute atomic E-state index is 0.0318. The lowest BCUT2D eigenvalue weighted by molar-refractivity contribution is -0.137. The first-order valence-electron chi connectivity index (χ1n) is 8.48. The Labute approximate surface area is 176 Å². The van der Waals surface area contributed by atoms with Crippen molar-refractivity contribution in [2.75, 3.05) is 14.1 Å². The lowest BCUT2D eigenvalue weighted by Crippen LogP contribution is -2.20. The molecule has 2 aromatic carbocycles. The van der Waals surface area contributed by atoms with E-state index in [9.17, 15) is 21.6 Å². The molecule has 1 atom stereocenters. The second kappa shape index (κ2) is 7.86. The van der Waals surface area contributed by atoms with Gasteiger partial charge in [-0.05, 0) is 57.4 Å². The van der Waals surface area contributed by atoms with Crippen LogP contribution in [0, 0.1) is 0 Å². The maximum Gasteiger partial charge on any atom is 0.416 e. The highest BCUT2D eigenvalue weighted by Crippen LogP contribution is 2.37. The quantitative estimate of drug-likeness (QED) is 0.368. The number of hydrogen-bond acceptors (Lipinski definition) is 4. The molecule has 0 aliphatic carbocycles. The van der Waals surface area contributed by atoms with Crippen molar-refractivity contribution in [2.24, 2.45) is 0 Å². The van der Waals surface area contributed by atoms with Gasteiger partial charge in [0.05, 0.1) is 21.3 Å². The largest absolute Gasteiger partial charge is 0.416 e. The number of thioether (sulfide) groups is 1. The fourth-order valence-corrected chi connectivity index (χ4v) is 5.36. The Bertz CT molecular complexity index is 1160. The number of fused-ring (bicyclic) bond motifs is 1. The van der Waals surface area contributed by atoms with E-state index in [1.54, 1.807) is 18.2 Å². The first-order chi connectivity index (χ1) is 13.4. The summed E-state index contributed by atoms with van der Waals surface area (Å²) in [6.45, 7) is 1.96. The Hall–Kier alpha value is -1.68. The van der Waals surface area contributed by atoms with E-state index < -0.39 is 26.7 Å². The Balaban J connectivity index is 2.19. The topological polar surface area (TPSA) is 42.3 Å². The van der Waals surface area contributed by atoms with Crippen LogP contribution in [0.2, 0.25) is 5.02 Å². The van der Waals surface area contributed by atoms with E-state index in [4.69, 9.17) is 11.6 Å². The van der Waals surface area contributed by atoms with Crippen molar-refractivity contribution in [1.29, 1.82) is 0 Å². The van der Waals surface area contributed by atoms with Gasteiger partial charge < -0.3 is 0 Å². The van der Waals surface area contributed by atoms with Gasteiger partial charge in [0.25, 0.3) is 10.0 Å². The third-order valence-corrected chi connectivity index (χ3v) is 7.69. The molecule has 0 fully saturated rings. The molecule has 0 N–H and O–H groups in total. The number of alkyl halides is 3. The van der Waals surface area contributed by atoms with E-state index in [0.29, 0.717) is 26.9 Å². The summed E-state index contributed by atoms with van der Waals surface area (Å²) < 4.78 is 66.6. The molecule has 0 aliphatic rings. The summed E-state index contributed by atoms with van der Waals surface area (Å²) in [6, 6.07) is 8.47. The highest BCUT2D eigenvalue weighted by Gasteiger charge is 2.32. The molecule has 10 heteroatoms. The van der Waals surface area contributed by atoms with Crippen LogP contribution in [0.5, 0.6) is 0 Å². The van der Waals surface area contributed by atoms with Gasteiger partial charge in [-0.25, -0.2) is 12.4 Å². The van der Waals surface area contributed by atoms with Gasteiger partial charge in [0.2, 0.25) is 0 Å². The van der Waals surface area contributed by atoms with Gasteiger partial charge in [0.15, 0.2) is 0 Å². The molecule has 0 radical (unpaired) electrons. The zero-order valence-corrected chi connectivity index (χ0v) is 18.1. The molecular weight excluding hydrogens is 445 g/mol. The fraction of sp³-hybridized carbons (Fsp3) is 0.263. The molecule has 156 valence electrons. The van der Waals surface area contributed by atoms with Gasteiger partial charge in [-0.1, -0.05) is 17.7 Å². The number of halogens is 4. The highest BCUT2D eigenvalue weighted by molar-refractivity contribution is 8.00. The van der Waals surface area contributed by atoms with Crippen LogP contribution in [0.4, 0.5) is 13.2 Å². The molecule has 4 nitrogen and oxygen atoms in total. The second-order valence-corrected chi connectivity index (χ2v) is 10.3. The summed E-state index contributed by atoms with van der Waals surface area (Å²) in [7, 11) is -0.466. The smallest absolute Gasteiger partial charge is 0.298 e. The van der Waals surface area contributed by atoms with Crippen LogP contribution >= 0.6 is 23.4 Å². The predicted molar refractivity (Wildman–Crippen MR) is 110 cm³/mol. The van der Waals surface area contributed by atoms with E-state index in [1.165, 1.54) is 18.0 Å². The maximum absolute atomic E-state index is 13.2. The van der Waals surface area contributed by atoms with E-state index in [0.717, 1.165) is 22.2 Å². The van der Waals surface area contributed by atoms with E-state index in [2.05, 4.69) is 0 Å². The lowest BCUT2D eigenvalue weighted by Gasteiger charge is -2.18. The second-order valence-electron chi connectivity index (χ2n) is 6.66. The molecule has 1 heterocycles. The summed E-state index contributed by atoms with van der Waals surface area (Å²) >= 11 is 7.53. The number of aromatic nitrogens is 1. The maximum atomic E-state index is 13.2. The van der Waals surface area contributed by atoms with Crippen LogP contribution in [0.1, 0.15) is 12.5 Å². The monoisotopic (exact) mass is 462 g/mol. The van der Waals surface area contributed by atoms with E-state index in [1.807, 2.05) is 25.9 Å². The standard InChI is InChI=1S/C19H18ClF3N2O2S2/c1-12(24(2)3)28-18-11-25(17-8-7-14(20)10-16(17)18)29(26,27)15-6-4-5-13(9-15)19(21,22)23/h4-12H,1-3H3. The molecule has 0 amide bonds. The number of hydrogen-bond donors (Lipinski definition) is 0. The third kappa shape index (κ3) is 4.42. The Morgan fingerprint density at radius 1 is 1.14 bits per heavy atom. The summed E-state index contributed by atoms with van der Waals surface area (Å²) in [4.78, 5) is 2.19. The molecule has 29 heavy (non-hydrogen) atoms. The van der Waals surface area contributed by atoms with Crippen molar-refractivity contribution in [3.63, 3.8) is 0 Å². The number of benzene rings is 2. The van der Waals surface area contributed by atoms with Crippen LogP contribution in [0.15, 0.2) is 58.5 Å². The molecule has 0 saturated heterocycles. The van der Waals surface area contributed by atoms with Gasteiger partial charge in [-0.15, -0.1) is 11.8 Å². The minimum Gasteiger partial charge on any atom is -0.298 e. The SMILES string of the molecule is CC(Sc1cn(S(=O)(=O)c2cccc(C(F)(F)F)c2)c2ccc(Cl)cc12)N(C)C. The number of rotatable bonds is 5. The van der Waals surface area contributed by atoms with E-state index in [-0.39, 0.29) is 5.37 Å². The summed E-state index contributed by atoms with van der Waals surface area (Å²) in [5.41, 5.74) is -0.672. The zero-order chi connectivity index (χ0) is 21.6. The van der Waals surface area contributed by atoms with Crippen molar-refractivity contribution in [2.45, 2.75) is 28.3 Å². The molecule has 1 aromatic heterocycles. The van der Waals surface area contributed by atoms with Crippen LogP contribution in [0.25, 0.3) is 10.9 Å². The first kappa shape index (κ1) is 22.0. The van der Waals surface area contributed by atoms with Crippen LogP contribution < -0.4 is 0 Å². The molecule has 3 rings (SSSR count). The molecule has 3 aromatic rings. The van der Waals surface area contributed by atoms with Crippen molar-refractivity contribution >= 4 is 44.3 Å². The molecule has 0 aliphatic heterocycles. The Morgan fingerprint density at radius 2 is 1.83 bits per heavy atom. The molecule has 0 saturated carbocycles. The van der Waals surface area contributed by atoms with Crippen molar-refractivity contribution < 1.29 is 21.6 Å². The van der Waals surface area contributed by atoms with E-state index >= 15 is 0 Å². The van der Waals surface area contributed by atoms with Crippen molar-refractivity contribution in [1.82, 2.24) is 8.87 Å². The third-order valence-electron chi connectivity index (χ3n) is 4.44. The molecular formula is C19H18ClF3N2O2S2. The van der Waals surface area contributed by atoms with Gasteiger partial charge in [-0.2, -0.15) is 13.2 Å². The summed E-state index contributed by atoms with van der Waals surface area (Å²) in [5.74, 6) is 0. The van der Waals surface area contributed by atoms with Gasteiger partial charge in [0.1, 0.15) is 0 Å². The van der Waals surface area contributed by atoms with Crippen LogP contribution in [-0.4, -0.2) is 36.8 Å². The Morgan fingerprint density at radius 3 is 2.45 bits per heavy atom. The average Bonchev–Trinajstić information content (AvgIpc) is 2.99. The van der Waals surface area contributed by atoms with Crippen LogP contribution in [-0.2, 0) is 16.2 Å². The van der Waals surface area contributed by atoms with Gasteiger partial charge in [-0.3, -0.25) is 4.90 Å². The summed E-state index contributed by atoms with van der Waals surface area (Å²) in [6.07, 6.45) is -3.21. The van der Waals surface area contributed by atoms with Crippen molar-refractivity contribution in [3.05, 3.63) is 59.2 Å². The molecule has 0 spiro atoms. The van der Waals surface area contributed by atoms with Crippen molar-refractivity contribution in [3.8, 4) is 0 Å². The fourth-order valence-electron chi connectivity index (χ4n) is 2.67. The average molecular weight is 463 g/mol. The Kier molecular flexibility index (Phi) is 5.97. The summed E-state index contributed by atoms with van der Waals surface area (Å²) in [5, 5.41) is 1.09. The van der Waals surface area contributed by atoms with Crippen LogP contribution in [0.3, 0.4) is 0 Å². The zero-order valence-electron chi connectivity index (χ0n) is 15.7. The molecule has 1 unspecified atom stereocenters. The minimum atomic E-state index is -4.64. The number of nitrogens with zero attached hydrogens (tertiary/aromatic N) is 2. The highest BCUT2D eigenvalue weighted by atomic mass is 35.5. The molecule has 0 bridgehead atoms. The predicted octanol–water partition coefficient (Wildman–Crippen LogP) is 5.55. The van der Waals surface area contributed by atoms with Gasteiger partial charge >= 0.3 is 6.18 Å². The normalized spacial score (nSPS) is 13.9. The lowest BCUT2D eigenvalue weighted by atomic mass is 10.2.